The second-order valence-electron chi connectivity index (χ2n) is 8.69. The number of fused-ring (bicyclic) bond motifs is 2. The number of benzene rings is 1. The van der Waals surface area contributed by atoms with Crippen LogP contribution in [0.5, 0.6) is 0 Å². The average molecular weight is 444 g/mol. The lowest BCUT2D eigenvalue weighted by Gasteiger charge is -2.27. The summed E-state index contributed by atoms with van der Waals surface area (Å²) in [6, 6.07) is 7.68. The fourth-order valence-corrected chi connectivity index (χ4v) is 4.45. The van der Waals surface area contributed by atoms with Crippen molar-refractivity contribution in [1.29, 1.82) is 0 Å². The van der Waals surface area contributed by atoms with Gasteiger partial charge in [-0.15, -0.1) is 0 Å². The van der Waals surface area contributed by atoms with E-state index in [0.29, 0.717) is 54.8 Å². The smallest absolute Gasteiger partial charge is 0.330 e. The van der Waals surface area contributed by atoms with Crippen LogP contribution in [0, 0.1) is 5.92 Å². The predicted molar refractivity (Wildman–Crippen MR) is 125 cm³/mol. The molecule has 0 spiro atoms. The summed E-state index contributed by atoms with van der Waals surface area (Å²) in [7, 11) is 1.80. The lowest BCUT2D eigenvalue weighted by atomic mass is 10.2. The molecule has 2 N–H and O–H groups in total. The Hall–Kier alpha value is -3.95. The molecule has 168 valence electrons. The third-order valence-corrected chi connectivity index (χ3v) is 6.45. The van der Waals surface area contributed by atoms with Gasteiger partial charge in [-0.25, -0.2) is 19.7 Å². The van der Waals surface area contributed by atoms with Crippen LogP contribution in [0.4, 0.5) is 5.82 Å². The number of anilines is 1. The highest BCUT2D eigenvalue weighted by Gasteiger charge is 2.26. The number of nitrogens with one attached hydrogen (secondary N) is 2. The number of hydrogen-bond acceptors (Lipinski definition) is 6. The van der Waals surface area contributed by atoms with E-state index in [2.05, 4.69) is 30.2 Å². The fourth-order valence-electron chi connectivity index (χ4n) is 4.45. The normalized spacial score (nSPS) is 16.4. The molecule has 1 aliphatic carbocycles. The Balaban J connectivity index is 1.30. The Morgan fingerprint density at radius 1 is 1.24 bits per heavy atom. The standard InChI is InChI=1S/C23H24N8O2/c1-29-19-18(28-21(29)22(32)24-12-14-6-7-14)20(26-13-25-19)30-10-8-15(9-11-30)31-17-5-3-2-4-16(17)27-23(31)33/h2-5,8,13-14H,6-7,9-12H2,1H3,(H,24,32)(H,27,33). The van der Waals surface area contributed by atoms with E-state index < -0.39 is 0 Å². The van der Waals surface area contributed by atoms with Crippen molar-refractivity contribution in [3.8, 4) is 0 Å². The van der Waals surface area contributed by atoms with Crippen molar-refractivity contribution in [3.05, 3.63) is 53.0 Å². The Morgan fingerprint density at radius 3 is 2.88 bits per heavy atom. The second kappa shape index (κ2) is 7.58. The summed E-state index contributed by atoms with van der Waals surface area (Å²) >= 11 is 0. The van der Waals surface area contributed by atoms with Crippen molar-refractivity contribution in [2.24, 2.45) is 13.0 Å². The van der Waals surface area contributed by atoms with Gasteiger partial charge in [-0.05, 0) is 37.0 Å². The summed E-state index contributed by atoms with van der Waals surface area (Å²) in [6.45, 7) is 1.93. The first-order valence-electron chi connectivity index (χ1n) is 11.2. The third kappa shape index (κ3) is 3.38. The molecule has 6 rings (SSSR count). The van der Waals surface area contributed by atoms with Gasteiger partial charge in [-0.3, -0.25) is 9.36 Å². The third-order valence-electron chi connectivity index (χ3n) is 6.45. The molecule has 3 aromatic heterocycles. The van der Waals surface area contributed by atoms with Crippen molar-refractivity contribution < 1.29 is 4.79 Å². The van der Waals surface area contributed by atoms with Crippen LogP contribution >= 0.6 is 0 Å². The maximum absolute atomic E-state index is 12.7. The van der Waals surface area contributed by atoms with Crippen LogP contribution in [0.15, 0.2) is 41.5 Å². The largest absolute Gasteiger partial charge is 0.350 e. The van der Waals surface area contributed by atoms with Crippen LogP contribution in [0.2, 0.25) is 0 Å². The summed E-state index contributed by atoms with van der Waals surface area (Å²) in [4.78, 5) is 43.7. The van der Waals surface area contributed by atoms with Crippen molar-refractivity contribution >= 4 is 39.6 Å². The molecule has 1 amide bonds. The highest BCUT2D eigenvalue weighted by atomic mass is 16.2. The number of hydrogen-bond donors (Lipinski definition) is 2. The molecular weight excluding hydrogens is 420 g/mol. The number of carbonyl (C=O) groups is 1. The lowest BCUT2D eigenvalue weighted by Crippen LogP contribution is -2.31. The molecule has 10 nitrogen and oxygen atoms in total. The van der Waals surface area contributed by atoms with Crippen LogP contribution in [-0.2, 0) is 7.05 Å². The molecule has 0 unspecified atom stereocenters. The number of para-hydroxylation sites is 2. The summed E-state index contributed by atoms with van der Waals surface area (Å²) in [5.74, 6) is 1.44. The SMILES string of the molecule is Cn1c(C(=O)NCC2CC2)nc2c(N3CC=C(n4c(=O)[nH]c5ccccc54)CC3)ncnc21. The number of aromatic nitrogens is 6. The van der Waals surface area contributed by atoms with E-state index in [4.69, 9.17) is 0 Å². The summed E-state index contributed by atoms with van der Waals surface area (Å²) < 4.78 is 3.46. The number of rotatable bonds is 5. The molecule has 33 heavy (non-hydrogen) atoms. The zero-order valence-electron chi connectivity index (χ0n) is 18.3. The van der Waals surface area contributed by atoms with Crippen LogP contribution in [0.1, 0.15) is 29.9 Å². The molecule has 0 bridgehead atoms. The van der Waals surface area contributed by atoms with Gasteiger partial charge in [-0.1, -0.05) is 12.1 Å². The van der Waals surface area contributed by atoms with Crippen molar-refractivity contribution in [2.45, 2.75) is 19.3 Å². The van der Waals surface area contributed by atoms with E-state index in [1.54, 1.807) is 16.2 Å². The van der Waals surface area contributed by atoms with E-state index >= 15 is 0 Å². The van der Waals surface area contributed by atoms with E-state index in [0.717, 1.165) is 16.7 Å². The monoisotopic (exact) mass is 444 g/mol. The minimum Gasteiger partial charge on any atom is -0.350 e. The van der Waals surface area contributed by atoms with Gasteiger partial charge in [0.15, 0.2) is 17.0 Å². The number of carbonyl (C=O) groups excluding carboxylic acids is 1. The summed E-state index contributed by atoms with van der Waals surface area (Å²) in [5, 5.41) is 2.97. The number of aromatic amines is 1. The maximum atomic E-state index is 12.7. The van der Waals surface area contributed by atoms with Gasteiger partial charge in [0.05, 0.1) is 11.0 Å². The van der Waals surface area contributed by atoms with Gasteiger partial charge < -0.3 is 19.8 Å². The molecule has 0 saturated heterocycles. The second-order valence-corrected chi connectivity index (χ2v) is 8.69. The number of H-pyrrole nitrogens is 1. The number of amides is 1. The van der Waals surface area contributed by atoms with E-state index in [1.807, 2.05) is 30.3 Å². The fraction of sp³-hybridized carbons (Fsp3) is 0.348. The average Bonchev–Trinajstić information content (AvgIpc) is 3.52. The van der Waals surface area contributed by atoms with Gasteiger partial charge >= 0.3 is 5.69 Å². The summed E-state index contributed by atoms with van der Waals surface area (Å²) in [5.41, 5.74) is 3.76. The highest BCUT2D eigenvalue weighted by Crippen LogP contribution is 2.29. The van der Waals surface area contributed by atoms with Crippen LogP contribution in [0.3, 0.4) is 0 Å². The zero-order chi connectivity index (χ0) is 22.5. The van der Waals surface area contributed by atoms with Crippen LogP contribution in [0.25, 0.3) is 27.9 Å². The first kappa shape index (κ1) is 19.7. The topological polar surface area (TPSA) is 114 Å². The minimum absolute atomic E-state index is 0.132. The Labute approximate surface area is 189 Å². The van der Waals surface area contributed by atoms with Gasteiger partial charge in [0.2, 0.25) is 5.82 Å². The first-order valence-corrected chi connectivity index (χ1v) is 11.2. The quantitative estimate of drug-likeness (QED) is 0.486. The maximum Gasteiger partial charge on any atom is 0.330 e. The summed E-state index contributed by atoms with van der Waals surface area (Å²) in [6.07, 6.45) is 6.58. The molecule has 10 heteroatoms. The molecule has 1 saturated carbocycles. The van der Waals surface area contributed by atoms with Crippen molar-refractivity contribution in [1.82, 2.24) is 34.4 Å². The highest BCUT2D eigenvalue weighted by molar-refractivity contribution is 5.96. The molecule has 1 aliphatic heterocycles. The zero-order valence-corrected chi connectivity index (χ0v) is 18.3. The minimum atomic E-state index is -0.187. The molecular formula is C23H24N8O2. The van der Waals surface area contributed by atoms with E-state index in [1.165, 1.54) is 19.2 Å². The van der Waals surface area contributed by atoms with E-state index in [-0.39, 0.29) is 11.6 Å². The molecule has 1 aromatic carbocycles. The molecule has 4 heterocycles. The van der Waals surface area contributed by atoms with Crippen LogP contribution in [-0.4, -0.2) is 54.6 Å². The molecule has 0 atom stereocenters. The predicted octanol–water partition coefficient (Wildman–Crippen LogP) is 1.90. The van der Waals surface area contributed by atoms with E-state index in [9.17, 15) is 9.59 Å². The molecule has 2 aliphatic rings. The first-order chi connectivity index (χ1) is 16.1. The molecule has 0 radical (unpaired) electrons. The molecule has 4 aromatic rings. The Morgan fingerprint density at radius 2 is 2.09 bits per heavy atom. The van der Waals surface area contributed by atoms with Crippen LogP contribution < -0.4 is 15.9 Å². The Bertz CT molecular complexity index is 1470. The molecule has 1 fully saturated rings. The number of imidazole rings is 2. The van der Waals surface area contributed by atoms with Crippen molar-refractivity contribution in [3.63, 3.8) is 0 Å². The lowest BCUT2D eigenvalue weighted by molar-refractivity contribution is 0.0939. The van der Waals surface area contributed by atoms with Gasteiger partial charge in [0.1, 0.15) is 6.33 Å². The number of nitrogens with zero attached hydrogens (tertiary/aromatic N) is 6. The van der Waals surface area contributed by atoms with Gasteiger partial charge in [0.25, 0.3) is 5.91 Å². The number of aryl methyl sites for hydroxylation is 1. The van der Waals surface area contributed by atoms with Gasteiger partial charge in [-0.2, -0.15) is 0 Å². The Kier molecular flexibility index (Phi) is 4.53. The van der Waals surface area contributed by atoms with Gasteiger partial charge in [0, 0.05) is 38.8 Å². The van der Waals surface area contributed by atoms with Crippen molar-refractivity contribution in [2.75, 3.05) is 24.5 Å².